The number of carbonyl (C=O) groups excluding carboxylic acids is 1. The van der Waals surface area contributed by atoms with Gasteiger partial charge in [0.2, 0.25) is 5.91 Å². The highest BCUT2D eigenvalue weighted by atomic mass is 32.1. The van der Waals surface area contributed by atoms with Crippen LogP contribution in [-0.4, -0.2) is 12.5 Å². The largest absolute Gasteiger partial charge is 0.469 e. The monoisotopic (exact) mass is 301 g/mol. The maximum Gasteiger partial charge on any atom is 0.225 e. The standard InChI is InChI=1S/C15H15N3O2S/c16-8-12-11-5-6-17-9-13(11)21-15(12)18-14(19)4-3-10-2-1-7-20-10/h1-2,7,17H,3-6,9H2,(H,18,19). The van der Waals surface area contributed by atoms with E-state index in [0.29, 0.717) is 23.4 Å². The zero-order valence-electron chi connectivity index (χ0n) is 11.4. The molecule has 5 nitrogen and oxygen atoms in total. The van der Waals surface area contributed by atoms with E-state index in [4.69, 9.17) is 4.42 Å². The van der Waals surface area contributed by atoms with Crippen molar-refractivity contribution in [2.45, 2.75) is 25.8 Å². The Morgan fingerprint density at radius 2 is 2.48 bits per heavy atom. The number of rotatable bonds is 4. The summed E-state index contributed by atoms with van der Waals surface area (Å²) in [6.45, 7) is 1.65. The van der Waals surface area contributed by atoms with Crippen LogP contribution >= 0.6 is 11.3 Å². The van der Waals surface area contributed by atoms with Gasteiger partial charge in [-0.05, 0) is 30.7 Å². The van der Waals surface area contributed by atoms with Gasteiger partial charge in [0.1, 0.15) is 16.8 Å². The quantitative estimate of drug-likeness (QED) is 0.909. The minimum Gasteiger partial charge on any atom is -0.469 e. The van der Waals surface area contributed by atoms with Crippen molar-refractivity contribution in [3.8, 4) is 6.07 Å². The lowest BCUT2D eigenvalue weighted by Gasteiger charge is -2.11. The molecule has 1 aliphatic heterocycles. The molecule has 0 saturated carbocycles. The maximum atomic E-state index is 12.0. The van der Waals surface area contributed by atoms with E-state index in [-0.39, 0.29) is 5.91 Å². The third kappa shape index (κ3) is 2.99. The number of amides is 1. The van der Waals surface area contributed by atoms with Gasteiger partial charge >= 0.3 is 0 Å². The number of furan rings is 1. The van der Waals surface area contributed by atoms with Gasteiger partial charge in [-0.2, -0.15) is 5.26 Å². The highest BCUT2D eigenvalue weighted by Gasteiger charge is 2.21. The van der Waals surface area contributed by atoms with Crippen LogP contribution in [0.3, 0.4) is 0 Å². The van der Waals surface area contributed by atoms with Crippen LogP contribution in [0, 0.1) is 11.3 Å². The Labute approximate surface area is 126 Å². The van der Waals surface area contributed by atoms with Gasteiger partial charge in [0.15, 0.2) is 0 Å². The van der Waals surface area contributed by atoms with Crippen LogP contribution in [0.15, 0.2) is 22.8 Å². The Hall–Kier alpha value is -2.10. The van der Waals surface area contributed by atoms with Crippen LogP contribution in [0.25, 0.3) is 0 Å². The first kappa shape index (κ1) is 13.9. The number of nitrogens with one attached hydrogen (secondary N) is 2. The second-order valence-electron chi connectivity index (χ2n) is 4.87. The molecule has 0 atom stereocenters. The summed E-state index contributed by atoms with van der Waals surface area (Å²) < 4.78 is 5.21. The summed E-state index contributed by atoms with van der Waals surface area (Å²) in [5.41, 5.74) is 1.71. The van der Waals surface area contributed by atoms with Crippen LogP contribution < -0.4 is 10.6 Å². The maximum absolute atomic E-state index is 12.0. The molecule has 0 spiro atoms. The van der Waals surface area contributed by atoms with Crippen molar-refractivity contribution in [3.05, 3.63) is 40.2 Å². The first-order chi connectivity index (χ1) is 10.3. The lowest BCUT2D eigenvalue weighted by atomic mass is 10.1. The number of hydrogen-bond acceptors (Lipinski definition) is 5. The summed E-state index contributed by atoms with van der Waals surface area (Å²) in [5, 5.41) is 16.2. The summed E-state index contributed by atoms with van der Waals surface area (Å²) in [7, 11) is 0. The number of carbonyl (C=O) groups is 1. The molecule has 108 valence electrons. The van der Waals surface area contributed by atoms with Crippen LogP contribution in [0.2, 0.25) is 0 Å². The Morgan fingerprint density at radius 3 is 3.24 bits per heavy atom. The zero-order chi connectivity index (χ0) is 14.7. The number of aryl methyl sites for hydroxylation is 1. The van der Waals surface area contributed by atoms with Crippen molar-refractivity contribution in [1.29, 1.82) is 5.26 Å². The smallest absolute Gasteiger partial charge is 0.225 e. The molecule has 2 N–H and O–H groups in total. The molecule has 6 heteroatoms. The Balaban J connectivity index is 1.68. The highest BCUT2D eigenvalue weighted by Crippen LogP contribution is 2.34. The summed E-state index contributed by atoms with van der Waals surface area (Å²) in [6.07, 6.45) is 3.35. The third-order valence-corrected chi connectivity index (χ3v) is 4.62. The summed E-state index contributed by atoms with van der Waals surface area (Å²) in [4.78, 5) is 13.2. The van der Waals surface area contributed by atoms with E-state index < -0.39 is 0 Å². The molecular weight excluding hydrogens is 286 g/mol. The topological polar surface area (TPSA) is 78.1 Å². The third-order valence-electron chi connectivity index (χ3n) is 3.47. The number of thiophene rings is 1. The molecule has 0 saturated heterocycles. The van der Waals surface area contributed by atoms with E-state index in [2.05, 4.69) is 16.7 Å². The fraction of sp³-hybridized carbons (Fsp3) is 0.333. The van der Waals surface area contributed by atoms with Crippen LogP contribution in [0.1, 0.15) is 28.2 Å². The molecule has 0 radical (unpaired) electrons. The average Bonchev–Trinajstić information content (AvgIpc) is 3.12. The second kappa shape index (κ2) is 6.12. The molecule has 1 amide bonds. The second-order valence-corrected chi connectivity index (χ2v) is 5.98. The van der Waals surface area contributed by atoms with Gasteiger partial charge in [-0.1, -0.05) is 0 Å². The van der Waals surface area contributed by atoms with Gasteiger partial charge in [0, 0.05) is 24.3 Å². The van der Waals surface area contributed by atoms with Crippen molar-refractivity contribution in [1.82, 2.24) is 5.32 Å². The average molecular weight is 301 g/mol. The molecule has 3 rings (SSSR count). The number of hydrogen-bond donors (Lipinski definition) is 2. The van der Waals surface area contributed by atoms with Crippen LogP contribution in [0.4, 0.5) is 5.00 Å². The van der Waals surface area contributed by atoms with E-state index in [9.17, 15) is 10.1 Å². The molecule has 0 aliphatic carbocycles. The fourth-order valence-corrected chi connectivity index (χ4v) is 3.61. The lowest BCUT2D eigenvalue weighted by Crippen LogP contribution is -2.22. The van der Waals surface area contributed by atoms with Crippen molar-refractivity contribution >= 4 is 22.2 Å². The number of fused-ring (bicyclic) bond motifs is 1. The number of nitriles is 1. The Kier molecular flexibility index (Phi) is 4.04. The highest BCUT2D eigenvalue weighted by molar-refractivity contribution is 7.16. The van der Waals surface area contributed by atoms with Crippen LogP contribution in [0.5, 0.6) is 0 Å². The van der Waals surface area contributed by atoms with Gasteiger partial charge in [0.05, 0.1) is 11.8 Å². The van der Waals surface area contributed by atoms with Gasteiger partial charge in [-0.3, -0.25) is 4.79 Å². The zero-order valence-corrected chi connectivity index (χ0v) is 12.3. The molecule has 2 aromatic rings. The van der Waals surface area contributed by atoms with E-state index >= 15 is 0 Å². The van der Waals surface area contributed by atoms with E-state index in [1.165, 1.54) is 11.3 Å². The summed E-state index contributed by atoms with van der Waals surface area (Å²) >= 11 is 1.50. The molecule has 0 aromatic carbocycles. The predicted molar refractivity (Wildman–Crippen MR) is 80.1 cm³/mol. The van der Waals surface area contributed by atoms with Gasteiger partial charge in [-0.25, -0.2) is 0 Å². The lowest BCUT2D eigenvalue weighted by molar-refractivity contribution is -0.116. The van der Waals surface area contributed by atoms with Crippen molar-refractivity contribution in [3.63, 3.8) is 0 Å². The molecule has 2 aromatic heterocycles. The van der Waals surface area contributed by atoms with Gasteiger partial charge < -0.3 is 15.1 Å². The van der Waals surface area contributed by atoms with Crippen molar-refractivity contribution in [2.75, 3.05) is 11.9 Å². The molecule has 21 heavy (non-hydrogen) atoms. The first-order valence-electron chi connectivity index (χ1n) is 6.85. The molecule has 0 unspecified atom stereocenters. The number of nitrogens with zero attached hydrogens (tertiary/aromatic N) is 1. The molecule has 0 fully saturated rings. The molecule has 0 bridgehead atoms. The van der Waals surface area contributed by atoms with E-state index in [1.807, 2.05) is 6.07 Å². The SMILES string of the molecule is N#Cc1c(NC(=O)CCc2ccco2)sc2c1CCNC2. The Bertz CT molecular complexity index is 683. The van der Waals surface area contributed by atoms with Crippen LogP contribution in [-0.2, 0) is 24.2 Å². The first-order valence-corrected chi connectivity index (χ1v) is 7.67. The van der Waals surface area contributed by atoms with E-state index in [0.717, 1.165) is 35.7 Å². The molecule has 1 aliphatic rings. The molecular formula is C15H15N3O2S. The van der Waals surface area contributed by atoms with Crippen molar-refractivity contribution < 1.29 is 9.21 Å². The normalized spacial score (nSPS) is 13.5. The fourth-order valence-electron chi connectivity index (χ4n) is 2.42. The predicted octanol–water partition coefficient (Wildman–Crippen LogP) is 2.43. The summed E-state index contributed by atoms with van der Waals surface area (Å²) in [5.74, 6) is 0.704. The summed E-state index contributed by atoms with van der Waals surface area (Å²) in [6, 6.07) is 5.89. The molecule has 3 heterocycles. The van der Waals surface area contributed by atoms with Gasteiger partial charge in [-0.15, -0.1) is 11.3 Å². The van der Waals surface area contributed by atoms with E-state index in [1.54, 1.807) is 12.3 Å². The van der Waals surface area contributed by atoms with Crippen molar-refractivity contribution in [2.24, 2.45) is 0 Å². The minimum absolute atomic E-state index is 0.0885. The number of anilines is 1. The minimum atomic E-state index is -0.0885. The van der Waals surface area contributed by atoms with Gasteiger partial charge in [0.25, 0.3) is 0 Å². The Morgan fingerprint density at radius 1 is 1.57 bits per heavy atom.